The summed E-state index contributed by atoms with van der Waals surface area (Å²) in [6.45, 7) is 1.96. The van der Waals surface area contributed by atoms with Gasteiger partial charge >= 0.3 is 0 Å². The zero-order valence-corrected chi connectivity index (χ0v) is 24.3. The normalized spacial score (nSPS) is 11.4. The van der Waals surface area contributed by atoms with Crippen molar-refractivity contribution in [3.05, 3.63) is 103 Å². The van der Waals surface area contributed by atoms with Crippen molar-refractivity contribution in [2.75, 3.05) is 19.5 Å². The third-order valence-corrected chi connectivity index (χ3v) is 7.62. The van der Waals surface area contributed by atoms with Gasteiger partial charge < -0.3 is 19.5 Å². The third kappa shape index (κ3) is 7.05. The first kappa shape index (κ1) is 28.6. The maximum Gasteiger partial charge on any atom is 0.237 e. The number of benzene rings is 4. The van der Waals surface area contributed by atoms with Crippen LogP contribution in [-0.4, -0.2) is 40.6 Å². The van der Waals surface area contributed by atoms with Gasteiger partial charge in [0, 0.05) is 16.8 Å². The number of carbonyl (C=O) groups is 1. The van der Waals surface area contributed by atoms with E-state index in [4.69, 9.17) is 19.2 Å². The topological polar surface area (TPSA) is 95.5 Å². The van der Waals surface area contributed by atoms with Crippen LogP contribution in [0.5, 0.6) is 23.0 Å². The number of thioether (sulfide) groups is 1. The highest BCUT2D eigenvalue weighted by molar-refractivity contribution is 8.00. The molecular formula is C33H30N4O4S. The van der Waals surface area contributed by atoms with Crippen LogP contribution in [0, 0.1) is 0 Å². The van der Waals surface area contributed by atoms with Crippen molar-refractivity contribution in [1.29, 1.82) is 0 Å². The summed E-state index contributed by atoms with van der Waals surface area (Å²) in [7, 11) is 3.25. The summed E-state index contributed by atoms with van der Waals surface area (Å²) in [5.74, 6) is 2.77. The number of methoxy groups -OCH3 is 2. The smallest absolute Gasteiger partial charge is 0.237 e. The Morgan fingerprint density at radius 3 is 1.83 bits per heavy atom. The van der Waals surface area contributed by atoms with Gasteiger partial charge in [0.05, 0.1) is 19.5 Å². The zero-order chi connectivity index (χ0) is 29.3. The van der Waals surface area contributed by atoms with E-state index in [1.807, 2.05) is 110 Å². The fourth-order valence-electron chi connectivity index (χ4n) is 4.16. The van der Waals surface area contributed by atoms with Gasteiger partial charge in [-0.2, -0.15) is 0 Å². The number of anilines is 1. The van der Waals surface area contributed by atoms with E-state index in [9.17, 15) is 4.79 Å². The number of hydrogen-bond acceptors (Lipinski definition) is 8. The maximum atomic E-state index is 13.2. The van der Waals surface area contributed by atoms with Crippen molar-refractivity contribution >= 4 is 23.4 Å². The number of carbonyl (C=O) groups excluding carboxylic acids is 1. The third-order valence-electron chi connectivity index (χ3n) is 6.41. The molecule has 5 rings (SSSR count). The minimum absolute atomic E-state index is 0.145. The molecule has 0 aliphatic rings. The molecule has 0 saturated carbocycles. The minimum atomic E-state index is -0.428. The summed E-state index contributed by atoms with van der Waals surface area (Å²) >= 11 is 1.28. The lowest BCUT2D eigenvalue weighted by molar-refractivity contribution is -0.115. The second-order valence-electron chi connectivity index (χ2n) is 9.19. The zero-order valence-electron chi connectivity index (χ0n) is 23.5. The highest BCUT2D eigenvalue weighted by Gasteiger charge is 2.22. The van der Waals surface area contributed by atoms with Gasteiger partial charge in [0.15, 0.2) is 0 Å². The van der Waals surface area contributed by atoms with Crippen molar-refractivity contribution < 1.29 is 19.0 Å². The van der Waals surface area contributed by atoms with Crippen LogP contribution in [0.1, 0.15) is 13.3 Å². The summed E-state index contributed by atoms with van der Waals surface area (Å²) in [6.07, 6.45) is 0.577. The van der Waals surface area contributed by atoms with Gasteiger partial charge in [0.25, 0.3) is 0 Å². The van der Waals surface area contributed by atoms with Crippen molar-refractivity contribution in [1.82, 2.24) is 15.2 Å². The van der Waals surface area contributed by atoms with E-state index in [1.165, 1.54) is 11.8 Å². The van der Waals surface area contributed by atoms with Crippen LogP contribution in [0.3, 0.4) is 0 Å². The van der Waals surface area contributed by atoms with Gasteiger partial charge in [0.1, 0.15) is 34.4 Å². The Morgan fingerprint density at radius 1 is 0.714 bits per heavy atom. The molecule has 0 fully saturated rings. The number of nitrogens with one attached hydrogen (secondary N) is 1. The lowest BCUT2D eigenvalue weighted by Crippen LogP contribution is -2.25. The average Bonchev–Trinajstić information content (AvgIpc) is 3.05. The van der Waals surface area contributed by atoms with Gasteiger partial charge in [-0.05, 0) is 91.3 Å². The molecule has 0 bridgehead atoms. The number of hydrogen-bond donors (Lipinski definition) is 1. The number of para-hydroxylation sites is 1. The van der Waals surface area contributed by atoms with Crippen LogP contribution < -0.4 is 19.5 Å². The lowest BCUT2D eigenvalue weighted by atomic mass is 10.0. The van der Waals surface area contributed by atoms with Crippen LogP contribution in [0.2, 0.25) is 0 Å². The summed E-state index contributed by atoms with van der Waals surface area (Å²) in [6, 6.07) is 32.0. The monoisotopic (exact) mass is 578 g/mol. The molecule has 1 unspecified atom stereocenters. The predicted molar refractivity (Wildman–Crippen MR) is 165 cm³/mol. The summed E-state index contributed by atoms with van der Waals surface area (Å²) < 4.78 is 16.5. The summed E-state index contributed by atoms with van der Waals surface area (Å²) in [4.78, 5) is 18.1. The second kappa shape index (κ2) is 13.6. The van der Waals surface area contributed by atoms with Crippen LogP contribution in [0.25, 0.3) is 22.5 Å². The van der Waals surface area contributed by atoms with Crippen molar-refractivity contribution in [3.8, 4) is 45.5 Å². The highest BCUT2D eigenvalue weighted by Crippen LogP contribution is 2.33. The number of rotatable bonds is 11. The molecule has 0 radical (unpaired) electrons. The minimum Gasteiger partial charge on any atom is -0.497 e. The first-order valence-electron chi connectivity index (χ1n) is 13.4. The van der Waals surface area contributed by atoms with Gasteiger partial charge in [0.2, 0.25) is 11.1 Å². The second-order valence-corrected chi connectivity index (χ2v) is 10.4. The SMILES string of the molecule is CCC(Sc1nnc(-c2ccc(OC)cc2)c(-c2ccc(OC)cc2)n1)C(=O)Nc1ccc(Oc2ccccc2)cc1. The van der Waals surface area contributed by atoms with E-state index < -0.39 is 5.25 Å². The lowest BCUT2D eigenvalue weighted by Gasteiger charge is -2.15. The average molecular weight is 579 g/mol. The maximum absolute atomic E-state index is 13.2. The summed E-state index contributed by atoms with van der Waals surface area (Å²) in [5, 5.41) is 11.9. The van der Waals surface area contributed by atoms with Crippen molar-refractivity contribution in [3.63, 3.8) is 0 Å². The molecular weight excluding hydrogens is 548 g/mol. The molecule has 9 heteroatoms. The molecule has 0 aliphatic carbocycles. The Morgan fingerprint density at radius 2 is 1.26 bits per heavy atom. The Bertz CT molecular complexity index is 1610. The molecule has 4 aromatic carbocycles. The van der Waals surface area contributed by atoms with E-state index in [0.717, 1.165) is 28.4 Å². The van der Waals surface area contributed by atoms with E-state index in [2.05, 4.69) is 15.5 Å². The Hall–Kier alpha value is -4.89. The van der Waals surface area contributed by atoms with Crippen LogP contribution in [0.15, 0.2) is 108 Å². The molecule has 1 atom stereocenters. The molecule has 5 aromatic rings. The molecule has 212 valence electrons. The van der Waals surface area contributed by atoms with Crippen molar-refractivity contribution in [2.24, 2.45) is 0 Å². The fraction of sp³-hybridized carbons (Fsp3) is 0.152. The Kier molecular flexibility index (Phi) is 9.30. The summed E-state index contributed by atoms with van der Waals surface area (Å²) in [5.41, 5.74) is 3.66. The van der Waals surface area contributed by atoms with Gasteiger partial charge in [-0.3, -0.25) is 4.79 Å². The van der Waals surface area contributed by atoms with Crippen LogP contribution in [0.4, 0.5) is 5.69 Å². The molecule has 1 heterocycles. The van der Waals surface area contributed by atoms with Gasteiger partial charge in [-0.1, -0.05) is 36.9 Å². The first-order valence-corrected chi connectivity index (χ1v) is 14.3. The van der Waals surface area contributed by atoms with E-state index in [1.54, 1.807) is 14.2 Å². The molecule has 1 N–H and O–H groups in total. The Labute approximate surface area is 249 Å². The largest absolute Gasteiger partial charge is 0.497 e. The number of aromatic nitrogens is 3. The molecule has 42 heavy (non-hydrogen) atoms. The quantitative estimate of drug-likeness (QED) is 0.161. The Balaban J connectivity index is 1.34. The molecule has 0 saturated heterocycles. The number of amides is 1. The fourth-order valence-corrected chi connectivity index (χ4v) is 4.98. The molecule has 1 aromatic heterocycles. The number of ether oxygens (including phenoxy) is 3. The predicted octanol–water partition coefficient (Wildman–Crippen LogP) is 7.52. The van der Waals surface area contributed by atoms with Gasteiger partial charge in [-0.25, -0.2) is 4.98 Å². The molecule has 0 spiro atoms. The van der Waals surface area contributed by atoms with Crippen LogP contribution >= 0.6 is 11.8 Å². The van der Waals surface area contributed by atoms with E-state index in [0.29, 0.717) is 34.4 Å². The molecule has 1 amide bonds. The van der Waals surface area contributed by atoms with E-state index >= 15 is 0 Å². The van der Waals surface area contributed by atoms with E-state index in [-0.39, 0.29) is 5.91 Å². The standard InChI is InChI=1S/C33H30N4O4S/c1-4-29(32(38)34-24-14-20-28(21-15-24)41-27-8-6-5-7-9-27)42-33-35-30(22-10-16-25(39-2)17-11-22)31(36-37-33)23-12-18-26(40-3)19-13-23/h5-21,29H,4H2,1-3H3,(H,34,38). The molecule has 8 nitrogen and oxygen atoms in total. The highest BCUT2D eigenvalue weighted by atomic mass is 32.2. The number of nitrogens with zero attached hydrogens (tertiary/aromatic N) is 3. The first-order chi connectivity index (χ1) is 20.6. The van der Waals surface area contributed by atoms with Gasteiger partial charge in [-0.15, -0.1) is 10.2 Å². The van der Waals surface area contributed by atoms with Crippen LogP contribution in [-0.2, 0) is 4.79 Å². The molecule has 0 aliphatic heterocycles. The van der Waals surface area contributed by atoms with Crippen molar-refractivity contribution in [2.45, 2.75) is 23.8 Å².